The Morgan fingerprint density at radius 1 is 0.256 bits per heavy atom. The van der Waals surface area contributed by atoms with Gasteiger partial charge in [0, 0.05) is 27.9 Å². The van der Waals surface area contributed by atoms with Crippen molar-refractivity contribution >= 4 is 45.9 Å². The lowest BCUT2D eigenvalue weighted by Gasteiger charge is -2.34. The first-order valence-electron chi connectivity index (χ1n) is 27.4. The molecule has 2 aliphatic carbocycles. The molecule has 1 heterocycles. The van der Waals surface area contributed by atoms with Gasteiger partial charge in [-0.25, -0.2) is 0 Å². The molecule has 0 aromatic heterocycles. The molecular weight excluding hydrogens is 955 g/mol. The van der Waals surface area contributed by atoms with Crippen LogP contribution in [-0.4, -0.2) is 8.07 Å². The van der Waals surface area contributed by atoms with Gasteiger partial charge in [-0.3, -0.25) is 0 Å². The first-order valence-corrected chi connectivity index (χ1v) is 29.4. The quantitative estimate of drug-likeness (QED) is 0.130. The van der Waals surface area contributed by atoms with Crippen LogP contribution in [0.25, 0.3) is 55.6 Å². The van der Waals surface area contributed by atoms with Crippen LogP contribution in [0.3, 0.4) is 0 Å². The highest BCUT2D eigenvalue weighted by Crippen LogP contribution is 2.55. The highest BCUT2D eigenvalue weighted by Gasteiger charge is 2.49. The molecule has 0 saturated carbocycles. The Kier molecular flexibility index (Phi) is 10.5. The Morgan fingerprint density at radius 2 is 0.692 bits per heavy atom. The van der Waals surface area contributed by atoms with Gasteiger partial charge in [0.1, 0.15) is 0 Å². The van der Waals surface area contributed by atoms with Crippen molar-refractivity contribution in [2.45, 2.75) is 24.7 Å². The lowest BCUT2D eigenvalue weighted by molar-refractivity contribution is 0.714. The number of rotatable bonds is 9. The molecule has 0 N–H and O–H groups in total. The van der Waals surface area contributed by atoms with Gasteiger partial charge < -0.3 is 4.90 Å². The molecule has 0 fully saturated rings. The second-order valence-corrected chi connectivity index (χ2v) is 25.5. The van der Waals surface area contributed by atoms with Crippen molar-refractivity contribution in [2.24, 2.45) is 0 Å². The van der Waals surface area contributed by atoms with Gasteiger partial charge in [0.15, 0.2) is 8.07 Å². The normalized spacial score (nSPS) is 15.6. The molecule has 0 amide bonds. The molecule has 0 bridgehead atoms. The van der Waals surface area contributed by atoms with Gasteiger partial charge in [0.05, 0.1) is 0 Å². The summed E-state index contributed by atoms with van der Waals surface area (Å²) in [7, 11) is -2.84. The van der Waals surface area contributed by atoms with Gasteiger partial charge in [0.2, 0.25) is 0 Å². The molecule has 2 heteroatoms. The van der Waals surface area contributed by atoms with E-state index in [9.17, 15) is 0 Å². The molecular formula is C76H55NSi. The zero-order chi connectivity index (χ0) is 52.0. The number of benzene rings is 12. The van der Waals surface area contributed by atoms with Gasteiger partial charge in [-0.2, -0.15) is 0 Å². The fraction of sp³-hybridized carbons (Fsp3) is 0.0526. The van der Waals surface area contributed by atoms with Crippen LogP contribution in [0, 0.1) is 0 Å². The van der Waals surface area contributed by atoms with E-state index in [2.05, 4.69) is 316 Å². The first kappa shape index (κ1) is 46.0. The van der Waals surface area contributed by atoms with Crippen molar-refractivity contribution in [1.82, 2.24) is 0 Å². The van der Waals surface area contributed by atoms with Crippen LogP contribution in [0.15, 0.2) is 297 Å². The smallest absolute Gasteiger partial charge is 0.180 e. The molecule has 0 saturated heterocycles. The second-order valence-electron chi connectivity index (χ2n) is 21.8. The third-order valence-corrected chi connectivity index (χ3v) is 22.8. The monoisotopic (exact) mass is 1010 g/mol. The molecule has 368 valence electrons. The maximum atomic E-state index is 2.53. The molecule has 12 aromatic rings. The van der Waals surface area contributed by atoms with Crippen molar-refractivity contribution in [3.8, 4) is 55.6 Å². The van der Waals surface area contributed by atoms with E-state index in [1.54, 1.807) is 0 Å². The van der Waals surface area contributed by atoms with Gasteiger partial charge in [-0.1, -0.05) is 255 Å². The van der Waals surface area contributed by atoms with Crippen LogP contribution in [-0.2, 0) is 10.8 Å². The van der Waals surface area contributed by atoms with Crippen molar-refractivity contribution < 1.29 is 0 Å². The van der Waals surface area contributed by atoms with Crippen molar-refractivity contribution in [3.05, 3.63) is 331 Å². The van der Waals surface area contributed by atoms with E-state index in [-0.39, 0.29) is 10.8 Å². The predicted octanol–water partition coefficient (Wildman–Crippen LogP) is 16.5. The van der Waals surface area contributed by atoms with E-state index in [4.69, 9.17) is 0 Å². The van der Waals surface area contributed by atoms with Crippen molar-refractivity contribution in [1.29, 1.82) is 0 Å². The summed E-state index contributed by atoms with van der Waals surface area (Å²) in [6.07, 6.45) is 0. The zero-order valence-electron chi connectivity index (χ0n) is 43.7. The molecule has 78 heavy (non-hydrogen) atoms. The van der Waals surface area contributed by atoms with E-state index < -0.39 is 8.07 Å². The zero-order valence-corrected chi connectivity index (χ0v) is 44.7. The molecule has 1 atom stereocenters. The van der Waals surface area contributed by atoms with Crippen LogP contribution >= 0.6 is 0 Å². The van der Waals surface area contributed by atoms with Gasteiger partial charge in [-0.05, 0) is 166 Å². The van der Waals surface area contributed by atoms with Crippen LogP contribution in [0.4, 0.5) is 17.1 Å². The number of anilines is 3. The summed E-state index contributed by atoms with van der Waals surface area (Å²) >= 11 is 0. The summed E-state index contributed by atoms with van der Waals surface area (Å²) < 4.78 is 0. The summed E-state index contributed by atoms with van der Waals surface area (Å²) in [6.45, 7) is 4.83. The molecule has 0 radical (unpaired) electrons. The van der Waals surface area contributed by atoms with Crippen molar-refractivity contribution in [2.75, 3.05) is 4.90 Å². The Labute approximate surface area is 459 Å². The predicted molar refractivity (Wildman–Crippen MR) is 329 cm³/mol. The summed E-state index contributed by atoms with van der Waals surface area (Å²) in [4.78, 5) is 2.53. The van der Waals surface area contributed by atoms with E-state index in [0.29, 0.717) is 0 Å². The third-order valence-electron chi connectivity index (χ3n) is 17.9. The first-order chi connectivity index (χ1) is 38.5. The number of fused-ring (bicyclic) bond motifs is 9. The molecule has 0 spiro atoms. The number of nitrogens with zero attached hydrogens (tertiary/aromatic N) is 1. The standard InChI is InChI=1S/C76H55NSi/c1-75(54-26-8-4-9-27-54)69-39-17-14-36-64(69)65-46-44-53(48-72(65)75)61-47-45-58(51-68(61)52-24-6-3-7-25-52)77(56-29-22-28-55(49-56)76(2)70-40-18-12-34-62(70)63-35-13-19-41-71(63)76)57-30-23-33-60(50-57)78(59-31-10-5-11-32-59)73-42-20-15-37-66(73)67-38-16-21-43-74(67)78/h3-51H,1-2H3. The highest BCUT2D eigenvalue weighted by molar-refractivity contribution is 7.22. The fourth-order valence-corrected chi connectivity index (χ4v) is 19.5. The maximum Gasteiger partial charge on any atom is 0.180 e. The second kappa shape index (κ2) is 17.9. The lowest BCUT2D eigenvalue weighted by atomic mass is 9.74. The SMILES string of the molecule is CC1(c2cccc(N(c3cccc([Si]4(c5ccccc5)c5ccccc5-c5ccccc54)c3)c3ccc(-c4ccc5c(c4)C(C)(c4ccccc4)c4ccccc4-5)c(-c4ccccc4)c3)c2)c2ccccc2-c2ccccc21. The lowest BCUT2D eigenvalue weighted by Crippen LogP contribution is -2.72. The fourth-order valence-electron chi connectivity index (χ4n) is 14.3. The van der Waals surface area contributed by atoms with Crippen molar-refractivity contribution in [3.63, 3.8) is 0 Å². The van der Waals surface area contributed by atoms with Crippen LogP contribution in [0.5, 0.6) is 0 Å². The summed E-state index contributed by atoms with van der Waals surface area (Å²) in [6, 6.07) is 112. The average Bonchev–Trinajstić information content (AvgIpc) is 4.10. The summed E-state index contributed by atoms with van der Waals surface area (Å²) in [5, 5.41) is 5.61. The summed E-state index contributed by atoms with van der Waals surface area (Å²) in [5.74, 6) is 0. The van der Waals surface area contributed by atoms with E-state index in [0.717, 1.165) is 17.1 Å². The molecule has 1 nitrogen and oxygen atoms in total. The minimum absolute atomic E-state index is 0.319. The third kappa shape index (κ3) is 6.66. The van der Waals surface area contributed by atoms with E-state index in [1.807, 2.05) is 0 Å². The Balaban J connectivity index is 0.962. The maximum absolute atomic E-state index is 2.84. The molecule has 3 aliphatic rings. The van der Waals surface area contributed by atoms with Crippen LogP contribution in [0.1, 0.15) is 47.2 Å². The van der Waals surface area contributed by atoms with Gasteiger partial charge in [-0.15, -0.1) is 0 Å². The minimum Gasteiger partial charge on any atom is -0.310 e. The van der Waals surface area contributed by atoms with E-state index in [1.165, 1.54) is 110 Å². The topological polar surface area (TPSA) is 3.24 Å². The van der Waals surface area contributed by atoms with Gasteiger partial charge in [0.25, 0.3) is 0 Å². The highest BCUT2D eigenvalue weighted by atomic mass is 28.3. The van der Waals surface area contributed by atoms with E-state index >= 15 is 0 Å². The van der Waals surface area contributed by atoms with Crippen LogP contribution < -0.4 is 25.6 Å². The average molecular weight is 1010 g/mol. The number of hydrogen-bond acceptors (Lipinski definition) is 1. The van der Waals surface area contributed by atoms with Crippen LogP contribution in [0.2, 0.25) is 0 Å². The Bertz CT molecular complexity index is 4220. The molecule has 1 unspecified atom stereocenters. The summed E-state index contributed by atoms with van der Waals surface area (Å²) in [5.41, 5.74) is 23.2. The number of hydrogen-bond donors (Lipinski definition) is 0. The Hall–Kier alpha value is -9.34. The molecule has 15 rings (SSSR count). The molecule has 1 aliphatic heterocycles. The largest absolute Gasteiger partial charge is 0.310 e. The minimum atomic E-state index is -2.84. The molecule has 12 aromatic carbocycles. The Morgan fingerprint density at radius 3 is 1.31 bits per heavy atom. The van der Waals surface area contributed by atoms with Gasteiger partial charge >= 0.3 is 0 Å².